The van der Waals surface area contributed by atoms with Gasteiger partial charge in [0.05, 0.1) is 11.6 Å². The molecule has 16 heavy (non-hydrogen) atoms. The van der Waals surface area contributed by atoms with E-state index in [1.807, 2.05) is 13.0 Å². The Hall–Kier alpha value is -0.730. The molecular formula is C13H18ClNO. The van der Waals surface area contributed by atoms with E-state index in [0.29, 0.717) is 17.5 Å². The Labute approximate surface area is 102 Å². The van der Waals surface area contributed by atoms with E-state index >= 15 is 0 Å². The Morgan fingerprint density at radius 1 is 1.44 bits per heavy atom. The Morgan fingerprint density at radius 3 is 2.75 bits per heavy atom. The van der Waals surface area contributed by atoms with Crippen molar-refractivity contribution in [2.45, 2.75) is 38.6 Å². The minimum atomic E-state index is -0.331. The molecule has 0 aliphatic carbocycles. The van der Waals surface area contributed by atoms with E-state index in [2.05, 4.69) is 19.9 Å². The predicted molar refractivity (Wildman–Crippen MR) is 67.2 cm³/mol. The molecule has 1 aliphatic rings. The molecule has 0 fully saturated rings. The van der Waals surface area contributed by atoms with E-state index in [4.69, 9.17) is 22.1 Å². The van der Waals surface area contributed by atoms with Crippen LogP contribution in [-0.2, 0) is 5.54 Å². The molecule has 2 rings (SSSR count). The smallest absolute Gasteiger partial charge is 0.142 e. The molecule has 1 aliphatic heterocycles. The minimum Gasteiger partial charge on any atom is -0.492 e. The van der Waals surface area contributed by atoms with Gasteiger partial charge in [-0.1, -0.05) is 25.4 Å². The van der Waals surface area contributed by atoms with Gasteiger partial charge in [-0.15, -0.1) is 0 Å². The topological polar surface area (TPSA) is 35.2 Å². The fourth-order valence-electron chi connectivity index (χ4n) is 2.02. The van der Waals surface area contributed by atoms with Gasteiger partial charge in [-0.05, 0) is 30.5 Å². The van der Waals surface area contributed by atoms with Crippen molar-refractivity contribution in [2.75, 3.05) is 6.61 Å². The summed E-state index contributed by atoms with van der Waals surface area (Å²) >= 11 is 6.24. The van der Waals surface area contributed by atoms with Crippen LogP contribution in [0.1, 0.15) is 44.2 Å². The van der Waals surface area contributed by atoms with E-state index in [-0.39, 0.29) is 5.54 Å². The summed E-state index contributed by atoms with van der Waals surface area (Å²) in [6.45, 7) is 6.97. The lowest BCUT2D eigenvalue weighted by atomic mass is 9.85. The second-order valence-corrected chi connectivity index (χ2v) is 5.46. The fraction of sp³-hybridized carbons (Fsp3) is 0.538. The van der Waals surface area contributed by atoms with Crippen LogP contribution in [0.5, 0.6) is 5.75 Å². The van der Waals surface area contributed by atoms with Crippen LogP contribution in [0.3, 0.4) is 0 Å². The van der Waals surface area contributed by atoms with Crippen LogP contribution < -0.4 is 10.5 Å². The lowest BCUT2D eigenvalue weighted by Crippen LogP contribution is -2.38. The molecule has 0 radical (unpaired) electrons. The van der Waals surface area contributed by atoms with Crippen LogP contribution in [-0.4, -0.2) is 6.61 Å². The Morgan fingerprint density at radius 2 is 2.12 bits per heavy atom. The average molecular weight is 240 g/mol. The van der Waals surface area contributed by atoms with Gasteiger partial charge in [0.25, 0.3) is 0 Å². The Bertz CT molecular complexity index is 413. The van der Waals surface area contributed by atoms with E-state index in [1.165, 1.54) is 5.56 Å². The zero-order valence-electron chi connectivity index (χ0n) is 10.0. The summed E-state index contributed by atoms with van der Waals surface area (Å²) in [4.78, 5) is 0. The second kappa shape index (κ2) is 3.94. The zero-order valence-corrected chi connectivity index (χ0v) is 10.8. The van der Waals surface area contributed by atoms with Crippen molar-refractivity contribution in [2.24, 2.45) is 5.73 Å². The summed E-state index contributed by atoms with van der Waals surface area (Å²) < 4.78 is 5.61. The number of nitrogens with two attached hydrogens (primary N) is 1. The maximum Gasteiger partial charge on any atom is 0.142 e. The van der Waals surface area contributed by atoms with Crippen molar-refractivity contribution < 1.29 is 4.74 Å². The van der Waals surface area contributed by atoms with Crippen molar-refractivity contribution >= 4 is 11.6 Å². The van der Waals surface area contributed by atoms with Crippen molar-refractivity contribution in [3.63, 3.8) is 0 Å². The van der Waals surface area contributed by atoms with Gasteiger partial charge in [-0.3, -0.25) is 0 Å². The third-order valence-corrected chi connectivity index (χ3v) is 3.50. The molecule has 1 heterocycles. The van der Waals surface area contributed by atoms with Crippen molar-refractivity contribution in [1.29, 1.82) is 0 Å². The van der Waals surface area contributed by atoms with Gasteiger partial charge >= 0.3 is 0 Å². The summed E-state index contributed by atoms with van der Waals surface area (Å²) in [6.07, 6.45) is 0.831. The molecule has 0 saturated heterocycles. The van der Waals surface area contributed by atoms with Gasteiger partial charge in [0.1, 0.15) is 5.75 Å². The zero-order chi connectivity index (χ0) is 11.9. The maximum absolute atomic E-state index is 6.29. The first-order valence-corrected chi connectivity index (χ1v) is 6.05. The minimum absolute atomic E-state index is 0.331. The normalized spacial score (nSPS) is 24.1. The Kier molecular flexibility index (Phi) is 2.89. The van der Waals surface area contributed by atoms with Crippen LogP contribution in [0.15, 0.2) is 12.1 Å². The van der Waals surface area contributed by atoms with E-state index in [9.17, 15) is 0 Å². The van der Waals surface area contributed by atoms with Gasteiger partial charge in [0.2, 0.25) is 0 Å². The summed E-state index contributed by atoms with van der Waals surface area (Å²) in [5.41, 5.74) is 8.21. The molecule has 88 valence electrons. The number of benzene rings is 1. The molecule has 1 aromatic carbocycles. The number of rotatable bonds is 1. The first kappa shape index (κ1) is 11.7. The van der Waals surface area contributed by atoms with Crippen molar-refractivity contribution in [1.82, 2.24) is 0 Å². The van der Waals surface area contributed by atoms with E-state index in [1.54, 1.807) is 0 Å². The van der Waals surface area contributed by atoms with Gasteiger partial charge in [-0.2, -0.15) is 0 Å². The number of halogens is 1. The van der Waals surface area contributed by atoms with Crippen LogP contribution in [0.2, 0.25) is 5.02 Å². The first-order valence-electron chi connectivity index (χ1n) is 5.67. The Balaban J connectivity index is 2.59. The lowest BCUT2D eigenvalue weighted by molar-refractivity contribution is 0.227. The molecule has 0 aromatic heterocycles. The second-order valence-electron chi connectivity index (χ2n) is 5.05. The standard InChI is InChI=1S/C13H18ClNO/c1-8(2)9-6-10-12(11(14)7-9)16-5-4-13(10,3)15/h6-8H,4-5,15H2,1-3H3. The van der Waals surface area contributed by atoms with Crippen LogP contribution in [0.25, 0.3) is 0 Å². The highest BCUT2D eigenvalue weighted by atomic mass is 35.5. The van der Waals surface area contributed by atoms with Gasteiger partial charge < -0.3 is 10.5 Å². The van der Waals surface area contributed by atoms with Crippen molar-refractivity contribution in [3.05, 3.63) is 28.3 Å². The summed E-state index contributed by atoms with van der Waals surface area (Å²) in [7, 11) is 0. The number of fused-ring (bicyclic) bond motifs is 1. The highest BCUT2D eigenvalue weighted by molar-refractivity contribution is 6.32. The van der Waals surface area contributed by atoms with Crippen LogP contribution in [0.4, 0.5) is 0 Å². The largest absolute Gasteiger partial charge is 0.492 e. The number of hydrogen-bond donors (Lipinski definition) is 1. The van der Waals surface area contributed by atoms with Gasteiger partial charge in [0, 0.05) is 17.5 Å². The van der Waals surface area contributed by atoms with Crippen LogP contribution in [0, 0.1) is 0 Å². The molecule has 3 heteroatoms. The molecule has 1 aromatic rings. The molecule has 2 nitrogen and oxygen atoms in total. The quantitative estimate of drug-likeness (QED) is 0.815. The molecule has 0 spiro atoms. The van der Waals surface area contributed by atoms with Crippen molar-refractivity contribution in [3.8, 4) is 5.75 Å². The summed E-state index contributed by atoms with van der Waals surface area (Å²) in [5, 5.41) is 0.678. The summed E-state index contributed by atoms with van der Waals surface area (Å²) in [5.74, 6) is 1.21. The maximum atomic E-state index is 6.29. The van der Waals surface area contributed by atoms with Gasteiger partial charge in [0.15, 0.2) is 0 Å². The third-order valence-electron chi connectivity index (χ3n) is 3.22. The lowest BCUT2D eigenvalue weighted by Gasteiger charge is -2.33. The van der Waals surface area contributed by atoms with Gasteiger partial charge in [-0.25, -0.2) is 0 Å². The molecular weight excluding hydrogens is 222 g/mol. The SMILES string of the molecule is CC(C)c1cc(Cl)c2c(c1)C(C)(N)CCO2. The summed E-state index contributed by atoms with van der Waals surface area (Å²) in [6, 6.07) is 4.11. The number of ether oxygens (including phenoxy) is 1. The molecule has 2 N–H and O–H groups in total. The van der Waals surface area contributed by atoms with E-state index < -0.39 is 0 Å². The first-order chi connectivity index (χ1) is 7.42. The molecule has 1 unspecified atom stereocenters. The average Bonchev–Trinajstić information content (AvgIpc) is 2.18. The fourth-order valence-corrected chi connectivity index (χ4v) is 2.30. The number of hydrogen-bond acceptors (Lipinski definition) is 2. The predicted octanol–water partition coefficient (Wildman–Crippen LogP) is 3.42. The molecule has 0 bridgehead atoms. The van der Waals surface area contributed by atoms with Crippen LogP contribution >= 0.6 is 11.6 Å². The molecule has 1 atom stereocenters. The monoisotopic (exact) mass is 239 g/mol. The highest BCUT2D eigenvalue weighted by Gasteiger charge is 2.31. The highest BCUT2D eigenvalue weighted by Crippen LogP contribution is 2.41. The van der Waals surface area contributed by atoms with E-state index in [0.717, 1.165) is 17.7 Å². The third kappa shape index (κ3) is 1.92. The molecule has 0 saturated carbocycles. The molecule has 0 amide bonds.